The molecule has 1 atom stereocenters. The van der Waals surface area contributed by atoms with Crippen LogP contribution in [0, 0.1) is 0 Å². The molecule has 0 aliphatic carbocycles. The second-order valence-electron chi connectivity index (χ2n) is 8.47. The highest BCUT2D eigenvalue weighted by atomic mass is 19.4. The summed E-state index contributed by atoms with van der Waals surface area (Å²) < 4.78 is 46.2. The van der Waals surface area contributed by atoms with E-state index in [9.17, 15) is 22.8 Å². The van der Waals surface area contributed by atoms with Crippen LogP contribution in [-0.4, -0.2) is 60.4 Å². The number of anilines is 1. The van der Waals surface area contributed by atoms with E-state index in [1.54, 1.807) is 4.90 Å². The molecule has 2 aliphatic rings. The Balaban J connectivity index is 1.35. The Kier molecular flexibility index (Phi) is 6.97. The van der Waals surface area contributed by atoms with E-state index in [-0.39, 0.29) is 23.8 Å². The third-order valence-electron chi connectivity index (χ3n) is 5.86. The number of carbonyl (C=O) groups excluding carboxylic acids is 2. The van der Waals surface area contributed by atoms with E-state index in [0.717, 1.165) is 28.8 Å². The van der Waals surface area contributed by atoms with Gasteiger partial charge in [0.25, 0.3) is 0 Å². The lowest BCUT2D eigenvalue weighted by atomic mass is 9.96. The van der Waals surface area contributed by atoms with Gasteiger partial charge in [-0.05, 0) is 54.3 Å². The smallest absolute Gasteiger partial charge is 0.406 e. The normalized spacial score (nSPS) is 18.3. The summed E-state index contributed by atoms with van der Waals surface area (Å²) in [5.41, 5.74) is 3.37. The Morgan fingerprint density at radius 3 is 2.56 bits per heavy atom. The van der Waals surface area contributed by atoms with E-state index in [4.69, 9.17) is 4.74 Å². The number of nitrogens with one attached hydrogen (secondary N) is 1. The van der Waals surface area contributed by atoms with E-state index in [1.165, 1.54) is 12.1 Å². The van der Waals surface area contributed by atoms with Crippen molar-refractivity contribution in [2.24, 2.45) is 0 Å². The predicted octanol–water partition coefficient (Wildman–Crippen LogP) is 3.97. The summed E-state index contributed by atoms with van der Waals surface area (Å²) in [6.45, 7) is 4.55. The lowest BCUT2D eigenvalue weighted by Crippen LogP contribution is -2.45. The van der Waals surface area contributed by atoms with Gasteiger partial charge in [0.05, 0.1) is 19.1 Å². The zero-order chi connectivity index (χ0) is 24.3. The van der Waals surface area contributed by atoms with Crippen molar-refractivity contribution in [3.63, 3.8) is 0 Å². The monoisotopic (exact) mass is 477 g/mol. The van der Waals surface area contributed by atoms with Crippen molar-refractivity contribution in [1.29, 1.82) is 0 Å². The molecule has 0 spiro atoms. The highest BCUT2D eigenvalue weighted by Crippen LogP contribution is 2.25. The number of rotatable bonds is 4. The summed E-state index contributed by atoms with van der Waals surface area (Å²) in [5, 5.41) is 2.70. The highest BCUT2D eigenvalue weighted by molar-refractivity contribution is 5.89. The van der Waals surface area contributed by atoms with Gasteiger partial charge in [-0.15, -0.1) is 13.2 Å². The third-order valence-corrected chi connectivity index (χ3v) is 5.86. The van der Waals surface area contributed by atoms with Crippen LogP contribution in [0.2, 0.25) is 0 Å². The number of ether oxygens (including phenoxy) is 2. The van der Waals surface area contributed by atoms with Crippen LogP contribution in [0.3, 0.4) is 0 Å². The molecule has 0 radical (unpaired) electrons. The fourth-order valence-corrected chi connectivity index (χ4v) is 4.17. The van der Waals surface area contributed by atoms with Crippen molar-refractivity contribution in [2.45, 2.75) is 38.8 Å². The van der Waals surface area contributed by atoms with Crippen molar-refractivity contribution < 1.29 is 32.2 Å². The highest BCUT2D eigenvalue weighted by Gasteiger charge is 2.31. The summed E-state index contributed by atoms with van der Waals surface area (Å²) in [6, 6.07) is 10.6. The molecule has 0 aromatic heterocycles. The Bertz CT molecular complexity index is 1040. The van der Waals surface area contributed by atoms with Gasteiger partial charge in [-0.1, -0.05) is 18.2 Å². The number of carbonyl (C=O) groups is 2. The van der Waals surface area contributed by atoms with Gasteiger partial charge in [0.2, 0.25) is 5.91 Å². The predicted molar refractivity (Wildman–Crippen MR) is 118 cm³/mol. The molecule has 0 unspecified atom stereocenters. The third kappa shape index (κ3) is 6.19. The SMILES string of the molecule is C[C@@H]1CN(C(=O)Cc2ccc3c(c2)CN(C(=O)Nc2ccc(OC(F)(F)F)cc2)CC3)CCO1. The lowest BCUT2D eigenvalue weighted by molar-refractivity contribution is -0.274. The molecule has 0 saturated carbocycles. The number of benzene rings is 2. The van der Waals surface area contributed by atoms with Crippen molar-refractivity contribution in [1.82, 2.24) is 9.80 Å². The van der Waals surface area contributed by atoms with Gasteiger partial charge in [-0.2, -0.15) is 0 Å². The van der Waals surface area contributed by atoms with E-state index in [1.807, 2.05) is 30.0 Å². The van der Waals surface area contributed by atoms with Gasteiger partial charge >= 0.3 is 12.4 Å². The molecule has 34 heavy (non-hydrogen) atoms. The molecule has 1 N–H and O–H groups in total. The molecule has 2 aromatic rings. The maximum Gasteiger partial charge on any atom is 0.573 e. The van der Waals surface area contributed by atoms with Crippen LogP contribution in [0.5, 0.6) is 5.75 Å². The molecule has 3 amide bonds. The maximum absolute atomic E-state index is 12.7. The van der Waals surface area contributed by atoms with E-state index >= 15 is 0 Å². The molecule has 2 heterocycles. The van der Waals surface area contributed by atoms with Crippen molar-refractivity contribution in [2.75, 3.05) is 31.6 Å². The van der Waals surface area contributed by atoms with Crippen LogP contribution in [0.1, 0.15) is 23.6 Å². The van der Waals surface area contributed by atoms with Gasteiger partial charge in [0.1, 0.15) is 5.75 Å². The minimum atomic E-state index is -4.77. The average Bonchev–Trinajstić information content (AvgIpc) is 2.79. The standard InChI is InChI=1S/C24H26F3N3O4/c1-16-14-29(10-11-33-16)22(31)13-17-2-3-18-8-9-30(15-19(18)12-17)23(32)28-20-4-6-21(7-5-20)34-24(25,26)27/h2-7,12,16H,8-11,13-15H2,1H3,(H,28,32)/t16-/m1/s1. The molecule has 0 bridgehead atoms. The Hall–Kier alpha value is -3.27. The van der Waals surface area contributed by atoms with Gasteiger partial charge in [0, 0.05) is 31.9 Å². The number of halogens is 3. The summed E-state index contributed by atoms with van der Waals surface area (Å²) in [6.07, 6.45) is -3.77. The molecule has 1 saturated heterocycles. The van der Waals surface area contributed by atoms with E-state index < -0.39 is 6.36 Å². The molecular weight excluding hydrogens is 451 g/mol. The first-order valence-corrected chi connectivity index (χ1v) is 11.1. The number of hydrogen-bond donors (Lipinski definition) is 1. The van der Waals surface area contributed by atoms with Crippen LogP contribution in [0.25, 0.3) is 0 Å². The number of amides is 3. The number of alkyl halides is 3. The van der Waals surface area contributed by atoms with Crippen molar-refractivity contribution in [3.05, 3.63) is 59.2 Å². The second-order valence-corrected chi connectivity index (χ2v) is 8.47. The zero-order valence-electron chi connectivity index (χ0n) is 18.7. The molecule has 10 heteroatoms. The first-order valence-electron chi connectivity index (χ1n) is 11.1. The quantitative estimate of drug-likeness (QED) is 0.724. The molecular formula is C24H26F3N3O4. The number of fused-ring (bicyclic) bond motifs is 1. The number of nitrogens with zero attached hydrogens (tertiary/aromatic N) is 2. The molecule has 1 fully saturated rings. The first kappa shape index (κ1) is 23.9. The zero-order valence-corrected chi connectivity index (χ0v) is 18.7. The Labute approximate surface area is 195 Å². The van der Waals surface area contributed by atoms with Crippen LogP contribution in [0.15, 0.2) is 42.5 Å². The Morgan fingerprint density at radius 2 is 1.85 bits per heavy atom. The fourth-order valence-electron chi connectivity index (χ4n) is 4.17. The number of hydrogen-bond acceptors (Lipinski definition) is 4. The van der Waals surface area contributed by atoms with Crippen LogP contribution in [0.4, 0.5) is 23.7 Å². The van der Waals surface area contributed by atoms with Crippen LogP contribution >= 0.6 is 0 Å². The van der Waals surface area contributed by atoms with Crippen LogP contribution in [-0.2, 0) is 28.9 Å². The van der Waals surface area contributed by atoms with Gasteiger partial charge in [-0.3, -0.25) is 4.79 Å². The van der Waals surface area contributed by atoms with E-state index in [0.29, 0.717) is 51.3 Å². The maximum atomic E-state index is 12.7. The van der Waals surface area contributed by atoms with E-state index in [2.05, 4.69) is 10.1 Å². The van der Waals surface area contributed by atoms with Gasteiger partial charge < -0.3 is 24.6 Å². The number of morpholine rings is 1. The number of urea groups is 1. The Morgan fingerprint density at radius 1 is 1.09 bits per heavy atom. The summed E-state index contributed by atoms with van der Waals surface area (Å²) >= 11 is 0. The topological polar surface area (TPSA) is 71.1 Å². The average molecular weight is 477 g/mol. The molecule has 2 aromatic carbocycles. The molecule has 7 nitrogen and oxygen atoms in total. The van der Waals surface area contributed by atoms with Crippen molar-refractivity contribution >= 4 is 17.6 Å². The van der Waals surface area contributed by atoms with Gasteiger partial charge in [-0.25, -0.2) is 4.79 Å². The molecule has 182 valence electrons. The lowest BCUT2D eigenvalue weighted by Gasteiger charge is -2.31. The summed E-state index contributed by atoms with van der Waals surface area (Å²) in [5.74, 6) is -0.301. The molecule has 2 aliphatic heterocycles. The minimum Gasteiger partial charge on any atom is -0.406 e. The summed E-state index contributed by atoms with van der Waals surface area (Å²) in [7, 11) is 0. The molecule has 4 rings (SSSR count). The largest absolute Gasteiger partial charge is 0.573 e. The summed E-state index contributed by atoms with van der Waals surface area (Å²) in [4.78, 5) is 28.9. The fraction of sp³-hybridized carbons (Fsp3) is 0.417. The van der Waals surface area contributed by atoms with Crippen LogP contribution < -0.4 is 10.1 Å². The second kappa shape index (κ2) is 9.92. The van der Waals surface area contributed by atoms with Gasteiger partial charge in [0.15, 0.2) is 0 Å². The minimum absolute atomic E-state index is 0.0293. The first-order chi connectivity index (χ1) is 16.2. The van der Waals surface area contributed by atoms with Crippen molar-refractivity contribution in [3.8, 4) is 5.75 Å².